The first-order valence-corrected chi connectivity index (χ1v) is 8.78. The van der Waals surface area contributed by atoms with Crippen LogP contribution in [0.25, 0.3) is 17.3 Å². The molecule has 0 unspecified atom stereocenters. The maximum absolute atomic E-state index is 13.1. The van der Waals surface area contributed by atoms with Crippen molar-refractivity contribution >= 4 is 23.0 Å². The molecule has 126 valence electrons. The van der Waals surface area contributed by atoms with Gasteiger partial charge < -0.3 is 0 Å². The summed E-state index contributed by atoms with van der Waals surface area (Å²) in [5.41, 5.74) is 1.95. The summed E-state index contributed by atoms with van der Waals surface area (Å²) in [5, 5.41) is 18.7. The van der Waals surface area contributed by atoms with E-state index < -0.39 is 0 Å². The van der Waals surface area contributed by atoms with Gasteiger partial charge in [-0.05, 0) is 36.3 Å². The zero-order valence-corrected chi connectivity index (χ0v) is 14.8. The zero-order valence-electron chi connectivity index (χ0n) is 14.0. The smallest absolute Gasteiger partial charge is 0.267 e. The molecule has 0 spiro atoms. The Kier molecular flexibility index (Phi) is 5.07. The summed E-state index contributed by atoms with van der Waals surface area (Å²) in [6.45, 7) is 2.00. The fraction of sp³-hybridized carbons (Fsp3) is 0.100. The van der Waals surface area contributed by atoms with Crippen LogP contribution in [0.15, 0.2) is 53.5 Å². The Morgan fingerprint density at radius 3 is 2.58 bits per heavy atom. The van der Waals surface area contributed by atoms with Crippen molar-refractivity contribution in [2.75, 3.05) is 0 Å². The van der Waals surface area contributed by atoms with Gasteiger partial charge in [0.25, 0.3) is 5.56 Å². The molecule has 6 heteroatoms. The molecule has 0 fully saturated rings. The van der Waals surface area contributed by atoms with Gasteiger partial charge in [0.05, 0.1) is 15.9 Å². The number of nitrogens with zero attached hydrogens (tertiary/aromatic N) is 4. The van der Waals surface area contributed by atoms with Gasteiger partial charge in [-0.3, -0.25) is 14.3 Å². The van der Waals surface area contributed by atoms with E-state index in [4.69, 9.17) is 0 Å². The number of hydrogen-bond acceptors (Lipinski definition) is 5. The van der Waals surface area contributed by atoms with Crippen molar-refractivity contribution in [1.29, 1.82) is 10.5 Å². The summed E-state index contributed by atoms with van der Waals surface area (Å²) in [6, 6.07) is 16.7. The van der Waals surface area contributed by atoms with Gasteiger partial charge in [0.1, 0.15) is 16.8 Å². The summed E-state index contributed by atoms with van der Waals surface area (Å²) in [6.07, 6.45) is 4.05. The first-order chi connectivity index (χ1) is 12.7. The highest BCUT2D eigenvalue weighted by Crippen LogP contribution is 2.12. The first kappa shape index (κ1) is 17.3. The number of nitriles is 2. The van der Waals surface area contributed by atoms with Crippen LogP contribution in [0.4, 0.5) is 0 Å². The fourth-order valence-electron chi connectivity index (χ4n) is 2.61. The maximum Gasteiger partial charge on any atom is 0.273 e. The van der Waals surface area contributed by atoms with E-state index in [1.54, 1.807) is 24.4 Å². The summed E-state index contributed by atoms with van der Waals surface area (Å²) < 4.78 is 2.22. The van der Waals surface area contributed by atoms with E-state index in [1.807, 2.05) is 49.4 Å². The van der Waals surface area contributed by atoms with Gasteiger partial charge in [-0.15, -0.1) is 11.3 Å². The first-order valence-electron chi connectivity index (χ1n) is 7.97. The molecule has 0 N–H and O–H groups in total. The minimum atomic E-state index is -0.264. The Hall–Kier alpha value is -3.48. The highest BCUT2D eigenvalue weighted by Gasteiger charge is 2.13. The van der Waals surface area contributed by atoms with Crippen LogP contribution in [0, 0.1) is 22.7 Å². The molecule has 3 aromatic rings. The van der Waals surface area contributed by atoms with Crippen LogP contribution in [-0.2, 0) is 6.42 Å². The van der Waals surface area contributed by atoms with E-state index in [1.165, 1.54) is 4.57 Å². The van der Waals surface area contributed by atoms with Gasteiger partial charge in [0.2, 0.25) is 0 Å². The Morgan fingerprint density at radius 2 is 1.92 bits per heavy atom. The molecule has 0 saturated heterocycles. The number of hydrogen-bond donors (Lipinski definition) is 0. The van der Waals surface area contributed by atoms with E-state index in [2.05, 4.69) is 4.98 Å². The van der Waals surface area contributed by atoms with Crippen molar-refractivity contribution in [1.82, 2.24) is 9.55 Å². The highest BCUT2D eigenvalue weighted by atomic mass is 32.1. The second-order valence-corrected chi connectivity index (χ2v) is 6.42. The molecule has 2 aromatic heterocycles. The Bertz CT molecular complexity index is 1190. The lowest BCUT2D eigenvalue weighted by Crippen LogP contribution is -2.31. The van der Waals surface area contributed by atoms with Crippen molar-refractivity contribution in [3.05, 3.63) is 79.5 Å². The quantitative estimate of drug-likeness (QED) is 0.716. The van der Waals surface area contributed by atoms with Crippen molar-refractivity contribution < 1.29 is 0 Å². The SMILES string of the molecule is CCc1ccccc1-n1c(=C(C#N)C#N)s/c(=C\c2ccccn2)c1=O. The fourth-order valence-corrected chi connectivity index (χ4v) is 3.65. The Labute approximate surface area is 154 Å². The number of pyridine rings is 1. The van der Waals surface area contributed by atoms with Gasteiger partial charge in [0, 0.05) is 6.20 Å². The molecule has 0 aliphatic rings. The van der Waals surface area contributed by atoms with Crippen molar-refractivity contribution in [2.24, 2.45) is 0 Å². The van der Waals surface area contributed by atoms with E-state index in [9.17, 15) is 15.3 Å². The van der Waals surface area contributed by atoms with Crippen molar-refractivity contribution in [2.45, 2.75) is 13.3 Å². The molecule has 5 nitrogen and oxygen atoms in total. The number of thiazole rings is 1. The van der Waals surface area contributed by atoms with Crippen molar-refractivity contribution in [3.8, 4) is 17.8 Å². The molecular formula is C20H14N4OS. The summed E-state index contributed by atoms with van der Waals surface area (Å²) in [5.74, 6) is 0. The standard InChI is InChI=1S/C20H14N4OS/c1-2-14-7-3-4-9-17(14)24-19(25)18(11-16-8-5-6-10-23-16)26-20(24)15(12-21)13-22/h3-11H,2H2,1H3/b18-11-. The third kappa shape index (κ3) is 3.19. The van der Waals surface area contributed by atoms with Crippen LogP contribution in [-0.4, -0.2) is 9.55 Å². The van der Waals surface area contributed by atoms with Crippen LogP contribution in [0.2, 0.25) is 0 Å². The lowest BCUT2D eigenvalue weighted by Gasteiger charge is -2.08. The third-order valence-corrected chi connectivity index (χ3v) is 4.93. The van der Waals surface area contributed by atoms with Gasteiger partial charge in [-0.25, -0.2) is 0 Å². The molecule has 26 heavy (non-hydrogen) atoms. The lowest BCUT2D eigenvalue weighted by atomic mass is 10.1. The summed E-state index contributed by atoms with van der Waals surface area (Å²) >= 11 is 1.13. The average Bonchev–Trinajstić information content (AvgIpc) is 2.99. The number of benzene rings is 1. The molecule has 0 bridgehead atoms. The van der Waals surface area contributed by atoms with Crippen LogP contribution in [0.1, 0.15) is 18.2 Å². The van der Waals surface area contributed by atoms with Crippen molar-refractivity contribution in [3.63, 3.8) is 0 Å². The van der Waals surface area contributed by atoms with Crippen LogP contribution in [0.3, 0.4) is 0 Å². The van der Waals surface area contributed by atoms with Crippen LogP contribution >= 0.6 is 11.3 Å². The zero-order chi connectivity index (χ0) is 18.5. The normalized spacial score (nSPS) is 11.0. The Morgan fingerprint density at radius 1 is 1.19 bits per heavy atom. The third-order valence-electron chi connectivity index (χ3n) is 3.84. The van der Waals surface area contributed by atoms with Crippen LogP contribution < -0.4 is 14.8 Å². The maximum atomic E-state index is 13.1. The number of rotatable bonds is 3. The lowest BCUT2D eigenvalue weighted by molar-refractivity contribution is 0.953. The Balaban J connectivity index is 2.44. The topological polar surface area (TPSA) is 82.5 Å². The average molecular weight is 358 g/mol. The number of aromatic nitrogens is 2. The van der Waals surface area contributed by atoms with Gasteiger partial charge >= 0.3 is 0 Å². The van der Waals surface area contributed by atoms with Gasteiger partial charge in [-0.1, -0.05) is 31.2 Å². The molecule has 0 saturated carbocycles. The molecule has 0 amide bonds. The monoisotopic (exact) mass is 358 g/mol. The van der Waals surface area contributed by atoms with Crippen LogP contribution in [0.5, 0.6) is 0 Å². The molecule has 3 rings (SSSR count). The largest absolute Gasteiger partial charge is 0.273 e. The van der Waals surface area contributed by atoms with Gasteiger partial charge in [-0.2, -0.15) is 10.5 Å². The van der Waals surface area contributed by atoms with E-state index in [0.717, 1.165) is 23.3 Å². The predicted octanol–water partition coefficient (Wildman–Crippen LogP) is 1.88. The molecule has 0 aliphatic carbocycles. The van der Waals surface area contributed by atoms with E-state index in [-0.39, 0.29) is 11.1 Å². The number of para-hydroxylation sites is 1. The van der Waals surface area contributed by atoms with E-state index >= 15 is 0 Å². The minimum absolute atomic E-state index is 0.0846. The molecule has 0 radical (unpaired) electrons. The summed E-state index contributed by atoms with van der Waals surface area (Å²) in [4.78, 5) is 17.3. The minimum Gasteiger partial charge on any atom is -0.267 e. The molecule has 0 atom stereocenters. The van der Waals surface area contributed by atoms with Gasteiger partial charge in [0.15, 0.2) is 5.57 Å². The second-order valence-electron chi connectivity index (χ2n) is 5.39. The molecule has 0 aliphatic heterocycles. The molecule has 2 heterocycles. The van der Waals surface area contributed by atoms with E-state index in [0.29, 0.717) is 20.6 Å². The molecular weight excluding hydrogens is 344 g/mol. The number of aryl methyl sites for hydroxylation is 1. The second kappa shape index (κ2) is 7.60. The molecule has 1 aromatic carbocycles. The highest BCUT2D eigenvalue weighted by molar-refractivity contribution is 7.07. The summed E-state index contributed by atoms with van der Waals surface area (Å²) in [7, 11) is 0. The predicted molar refractivity (Wildman–Crippen MR) is 101 cm³/mol.